The number of ketones is 1. The van der Waals surface area contributed by atoms with Crippen LogP contribution in [0.4, 0.5) is 17.6 Å². The van der Waals surface area contributed by atoms with Gasteiger partial charge in [-0.1, -0.05) is 12.2 Å². The third-order valence-corrected chi connectivity index (χ3v) is 10.7. The number of alkyl halides is 3. The van der Waals surface area contributed by atoms with E-state index in [1.165, 1.54) is 29.6 Å². The highest BCUT2D eigenvalue weighted by atomic mass is 32.2. The Morgan fingerprint density at radius 1 is 1.11 bits per heavy atom. The van der Waals surface area contributed by atoms with Gasteiger partial charge in [-0.2, -0.15) is 22.6 Å². The zero-order valence-electron chi connectivity index (χ0n) is 23.8. The van der Waals surface area contributed by atoms with Gasteiger partial charge in [0, 0.05) is 25.3 Å². The molecular weight excluding hydrogens is 598 g/mol. The van der Waals surface area contributed by atoms with Crippen LogP contribution in [-0.2, 0) is 22.6 Å². The average molecular weight is 628 g/mol. The number of aliphatic imine (C=N–C) groups is 1. The van der Waals surface area contributed by atoms with E-state index < -0.39 is 44.8 Å². The fourth-order valence-corrected chi connectivity index (χ4v) is 8.30. The van der Waals surface area contributed by atoms with Gasteiger partial charge in [0.25, 0.3) is 10.0 Å². The Hall–Kier alpha value is -3.97. The van der Waals surface area contributed by atoms with Crippen molar-refractivity contribution in [2.75, 3.05) is 7.05 Å². The van der Waals surface area contributed by atoms with E-state index in [9.17, 15) is 30.8 Å². The number of aromatic nitrogens is 3. The number of carbonyl (C=O) groups is 1. The Morgan fingerprint density at radius 2 is 1.84 bits per heavy atom. The molecule has 13 heteroatoms. The van der Waals surface area contributed by atoms with Gasteiger partial charge in [0.2, 0.25) is 0 Å². The second-order valence-electron chi connectivity index (χ2n) is 11.4. The number of halogens is 4. The summed E-state index contributed by atoms with van der Waals surface area (Å²) in [5.41, 5.74) is 0.342. The highest BCUT2D eigenvalue weighted by Gasteiger charge is 2.54. The largest absolute Gasteiger partial charge is 0.417 e. The summed E-state index contributed by atoms with van der Waals surface area (Å²) in [4.78, 5) is 22.3. The van der Waals surface area contributed by atoms with Crippen molar-refractivity contribution in [2.24, 2.45) is 10.4 Å². The maximum atomic E-state index is 14.4. The third kappa shape index (κ3) is 5.11. The van der Waals surface area contributed by atoms with Gasteiger partial charge in [-0.3, -0.25) is 14.8 Å². The van der Waals surface area contributed by atoms with Crippen LogP contribution in [0.3, 0.4) is 0 Å². The zero-order valence-corrected chi connectivity index (χ0v) is 24.6. The summed E-state index contributed by atoms with van der Waals surface area (Å²) in [6, 6.07) is 6.89. The van der Waals surface area contributed by atoms with Gasteiger partial charge in [0.05, 0.1) is 28.6 Å². The average Bonchev–Trinajstić information content (AvgIpc) is 3.74. The van der Waals surface area contributed by atoms with Crippen LogP contribution >= 0.6 is 0 Å². The van der Waals surface area contributed by atoms with Gasteiger partial charge in [0.1, 0.15) is 11.5 Å². The van der Waals surface area contributed by atoms with Crippen LogP contribution in [0, 0.1) is 11.2 Å². The third-order valence-electron chi connectivity index (χ3n) is 8.67. The topological polar surface area (TPSA) is 97.5 Å². The Labute approximate surface area is 251 Å². The number of carbonyl (C=O) groups excluding carboxylic acids is 1. The lowest BCUT2D eigenvalue weighted by Gasteiger charge is -2.46. The quantitative estimate of drug-likeness (QED) is 0.143. The zero-order chi connectivity index (χ0) is 31.4. The van der Waals surface area contributed by atoms with Crippen molar-refractivity contribution in [3.8, 4) is 5.69 Å². The number of Topliss-reactive ketones (excluding diaryl/α,β-unsaturated/α-hetero) is 1. The van der Waals surface area contributed by atoms with Crippen molar-refractivity contribution < 1.29 is 30.8 Å². The van der Waals surface area contributed by atoms with Crippen LogP contribution in [-0.4, -0.2) is 57.4 Å². The molecule has 0 amide bonds. The normalized spacial score (nSPS) is 22.3. The Balaban J connectivity index is 1.45. The number of pyridine rings is 1. The molecule has 0 radical (unpaired) electrons. The highest BCUT2D eigenvalue weighted by Crippen LogP contribution is 2.52. The van der Waals surface area contributed by atoms with E-state index in [2.05, 4.69) is 21.7 Å². The van der Waals surface area contributed by atoms with Crippen LogP contribution < -0.4 is 0 Å². The summed E-state index contributed by atoms with van der Waals surface area (Å²) >= 11 is 0. The van der Waals surface area contributed by atoms with E-state index in [0.717, 1.165) is 17.7 Å². The highest BCUT2D eigenvalue weighted by molar-refractivity contribution is 8.04. The number of fused-ring (bicyclic) bond motifs is 2. The van der Waals surface area contributed by atoms with Gasteiger partial charge in [-0.25, -0.2) is 17.5 Å². The van der Waals surface area contributed by atoms with Gasteiger partial charge >= 0.3 is 6.18 Å². The van der Waals surface area contributed by atoms with E-state index in [-0.39, 0.29) is 29.6 Å². The first-order valence-corrected chi connectivity index (χ1v) is 15.6. The molecule has 0 unspecified atom stereocenters. The lowest BCUT2D eigenvalue weighted by molar-refractivity contribution is -0.137. The minimum Gasteiger partial charge on any atom is -0.291 e. The predicted octanol–water partition coefficient (Wildman–Crippen LogP) is 5.80. The number of nitrogens with zero attached hydrogens (tertiary/aromatic N) is 5. The molecule has 2 saturated carbocycles. The monoisotopic (exact) mass is 627 g/mol. The number of sulfonamides is 1. The SMILES string of the molecule is C=CC(=NC)S(=O)(=O)N(C1CC1)[C@H]1CCC2=Cc3c(cnn3-c3ccc(F)cc3)C[C@]2(C(=O)c2ccc(C(F)(F)F)cn2)C1. The number of hydrogen-bond donors (Lipinski definition) is 0. The molecule has 3 aliphatic carbocycles. The maximum Gasteiger partial charge on any atom is 0.417 e. The maximum absolute atomic E-state index is 14.4. The van der Waals surface area contributed by atoms with Crippen molar-refractivity contribution in [3.05, 3.63) is 95.4 Å². The van der Waals surface area contributed by atoms with Crippen molar-refractivity contribution >= 4 is 26.9 Å². The second-order valence-corrected chi connectivity index (χ2v) is 13.1. The summed E-state index contributed by atoms with van der Waals surface area (Å²) in [5, 5.41) is 4.33. The number of allylic oxidation sites excluding steroid dienone is 1. The summed E-state index contributed by atoms with van der Waals surface area (Å²) in [6.07, 6.45) is 3.05. The first-order valence-electron chi connectivity index (χ1n) is 14.1. The fourth-order valence-electron chi connectivity index (χ4n) is 6.47. The Morgan fingerprint density at radius 3 is 2.43 bits per heavy atom. The van der Waals surface area contributed by atoms with Crippen LogP contribution in [0.1, 0.15) is 59.4 Å². The molecule has 230 valence electrons. The van der Waals surface area contributed by atoms with Gasteiger partial charge < -0.3 is 0 Å². The standard InChI is InChI=1S/C31H29F4N5O3S/c1-3-28(36-2)44(42,43)40(24-11-12-24)25-8-4-20-14-27-19(17-38-39(27)23-9-6-22(32)7-10-23)15-30(20,16-25)29(41)26-13-5-21(18-37-26)31(33,34)35/h3,5-7,9-10,13-14,17-18,24-25H,1,4,8,11-12,15-16H2,2H3/t25-,30-/m0/s1. The molecule has 3 aliphatic rings. The smallest absolute Gasteiger partial charge is 0.291 e. The molecule has 2 aromatic heterocycles. The van der Waals surface area contributed by atoms with Gasteiger partial charge in [0.15, 0.2) is 10.8 Å². The lowest BCUT2D eigenvalue weighted by atomic mass is 9.60. The van der Waals surface area contributed by atoms with Crippen LogP contribution in [0.15, 0.2) is 72.0 Å². The summed E-state index contributed by atoms with van der Waals surface area (Å²) < 4.78 is 84.1. The van der Waals surface area contributed by atoms with Crippen molar-refractivity contribution in [3.63, 3.8) is 0 Å². The second kappa shape index (κ2) is 10.9. The fraction of sp³-hybridized carbons (Fsp3) is 0.355. The molecule has 0 saturated heterocycles. The minimum atomic E-state index is -4.62. The molecule has 0 spiro atoms. The molecule has 0 N–H and O–H groups in total. The minimum absolute atomic E-state index is 0.103. The van der Waals surface area contributed by atoms with E-state index >= 15 is 0 Å². The van der Waals surface area contributed by atoms with Crippen LogP contribution in [0.2, 0.25) is 0 Å². The molecule has 2 fully saturated rings. The number of hydrogen-bond acceptors (Lipinski definition) is 6. The first-order chi connectivity index (χ1) is 20.9. The van der Waals surface area contributed by atoms with Gasteiger partial charge in [-0.05, 0) is 92.6 Å². The van der Waals surface area contributed by atoms with Crippen molar-refractivity contribution in [2.45, 2.75) is 56.8 Å². The first kappa shape index (κ1) is 30.1. The molecule has 44 heavy (non-hydrogen) atoms. The molecule has 0 aliphatic heterocycles. The van der Waals surface area contributed by atoms with E-state index in [1.807, 2.05) is 6.08 Å². The molecule has 1 aromatic carbocycles. The van der Waals surface area contributed by atoms with Gasteiger partial charge in [-0.15, -0.1) is 0 Å². The van der Waals surface area contributed by atoms with Crippen LogP contribution in [0.25, 0.3) is 11.8 Å². The van der Waals surface area contributed by atoms with E-state index in [4.69, 9.17) is 0 Å². The molecule has 0 bridgehead atoms. The molecule has 2 heterocycles. The van der Waals surface area contributed by atoms with Crippen molar-refractivity contribution in [1.29, 1.82) is 0 Å². The Kier molecular flexibility index (Phi) is 7.44. The number of rotatable bonds is 7. The molecular formula is C31H29F4N5O3S. The predicted molar refractivity (Wildman–Crippen MR) is 156 cm³/mol. The molecule has 8 nitrogen and oxygen atoms in total. The molecule has 6 rings (SSSR count). The van der Waals surface area contributed by atoms with E-state index in [1.54, 1.807) is 23.0 Å². The van der Waals surface area contributed by atoms with E-state index in [0.29, 0.717) is 48.8 Å². The van der Waals surface area contributed by atoms with Crippen LogP contribution in [0.5, 0.6) is 0 Å². The molecule has 2 atom stereocenters. The molecule has 3 aromatic rings. The Bertz CT molecular complexity index is 1790. The summed E-state index contributed by atoms with van der Waals surface area (Å²) in [7, 11) is -2.65. The number of benzene rings is 1. The summed E-state index contributed by atoms with van der Waals surface area (Å²) in [6.45, 7) is 3.62. The lowest BCUT2D eigenvalue weighted by Crippen LogP contribution is -2.52. The summed E-state index contributed by atoms with van der Waals surface area (Å²) in [5.74, 6) is -0.883. The van der Waals surface area contributed by atoms with Crippen molar-refractivity contribution in [1.82, 2.24) is 19.1 Å².